The Morgan fingerprint density at radius 3 is 2.66 bits per heavy atom. The van der Waals surface area contributed by atoms with Crippen LogP contribution >= 0.6 is 11.8 Å². The van der Waals surface area contributed by atoms with Gasteiger partial charge in [0.05, 0.1) is 18.5 Å². The summed E-state index contributed by atoms with van der Waals surface area (Å²) in [5, 5.41) is 16.2. The van der Waals surface area contributed by atoms with E-state index < -0.39 is 5.91 Å². The summed E-state index contributed by atoms with van der Waals surface area (Å²) in [4.78, 5) is 31.7. The van der Waals surface area contributed by atoms with Gasteiger partial charge < -0.3 is 9.47 Å². The van der Waals surface area contributed by atoms with Gasteiger partial charge in [-0.15, -0.1) is 0 Å². The van der Waals surface area contributed by atoms with Crippen LogP contribution in [0.4, 0.5) is 4.39 Å². The second kappa shape index (κ2) is 10.0. The molecular formula is C28H25FN6O2S. The molecule has 1 fully saturated rings. The van der Waals surface area contributed by atoms with E-state index in [1.165, 1.54) is 11.1 Å². The number of nitrogens with one attached hydrogen (secondary N) is 1. The molecule has 2 aromatic carbocycles. The Bertz CT molecular complexity index is 1570. The number of hydrogen-bond acceptors (Lipinski definition) is 5. The number of amidine groups is 2. The molecule has 0 aliphatic carbocycles. The number of likely N-dealkylation sites (tertiary alicyclic amines) is 1. The number of para-hydroxylation sites is 1. The van der Waals surface area contributed by atoms with Crippen molar-refractivity contribution >= 4 is 56.6 Å². The number of carbonyl (C=O) groups is 2. The van der Waals surface area contributed by atoms with Gasteiger partial charge in [0.1, 0.15) is 10.9 Å². The predicted molar refractivity (Wildman–Crippen MR) is 147 cm³/mol. The van der Waals surface area contributed by atoms with Crippen molar-refractivity contribution in [2.75, 3.05) is 13.1 Å². The van der Waals surface area contributed by atoms with Gasteiger partial charge in [0.25, 0.3) is 5.91 Å². The fourth-order valence-electron chi connectivity index (χ4n) is 4.97. The number of piperidine rings is 1. The van der Waals surface area contributed by atoms with Crippen LogP contribution in [0.15, 0.2) is 70.4 Å². The van der Waals surface area contributed by atoms with E-state index >= 15 is 0 Å². The number of hydrogen-bond donors (Lipinski definition) is 1. The van der Waals surface area contributed by atoms with Gasteiger partial charge in [-0.1, -0.05) is 36.4 Å². The van der Waals surface area contributed by atoms with Crippen LogP contribution in [-0.2, 0) is 16.1 Å². The normalized spacial score (nSPS) is 18.7. The van der Waals surface area contributed by atoms with Gasteiger partial charge in [-0.3, -0.25) is 15.0 Å². The van der Waals surface area contributed by atoms with E-state index in [0.717, 1.165) is 60.6 Å². The molecule has 1 N–H and O–H groups in total. The first kappa shape index (κ1) is 24.3. The number of thioether (sulfide) groups is 1. The van der Waals surface area contributed by atoms with Crippen molar-refractivity contribution in [2.45, 2.75) is 32.2 Å². The standard InChI is InChI=1S/C28H25FN6O2S/c29-22-10-4-2-8-18(22)16-34-17-19(20-9-3-5-11-23(20)34)14-21-26(30)35-28(31-27(21)37)38-24(32-35)15-25(36)33-12-6-1-7-13-33/h2-5,8-11,14,17,30H,1,6-7,12-13,15-16H2/b21-14-,30-26?. The van der Waals surface area contributed by atoms with E-state index in [9.17, 15) is 14.0 Å². The van der Waals surface area contributed by atoms with Gasteiger partial charge in [-0.25, -0.2) is 4.39 Å². The summed E-state index contributed by atoms with van der Waals surface area (Å²) in [7, 11) is 0. The van der Waals surface area contributed by atoms with Crippen LogP contribution in [0.3, 0.4) is 0 Å². The van der Waals surface area contributed by atoms with Crippen LogP contribution in [0.5, 0.6) is 0 Å². The minimum absolute atomic E-state index is 0.00711. The number of aliphatic imine (C=N–C) groups is 1. The molecule has 3 aliphatic heterocycles. The maximum absolute atomic E-state index is 14.3. The zero-order chi connectivity index (χ0) is 26.2. The van der Waals surface area contributed by atoms with Crippen LogP contribution in [-0.4, -0.2) is 55.4 Å². The topological polar surface area (TPSA) is 94.1 Å². The molecule has 0 unspecified atom stereocenters. The lowest BCUT2D eigenvalue weighted by Crippen LogP contribution is -2.36. The van der Waals surface area contributed by atoms with Crippen LogP contribution in [0.25, 0.3) is 17.0 Å². The van der Waals surface area contributed by atoms with Gasteiger partial charge in [-0.2, -0.15) is 15.1 Å². The Morgan fingerprint density at radius 1 is 1.08 bits per heavy atom. The lowest BCUT2D eigenvalue weighted by molar-refractivity contribution is -0.130. The van der Waals surface area contributed by atoms with Crippen LogP contribution in [0, 0.1) is 11.2 Å². The first-order valence-electron chi connectivity index (χ1n) is 12.6. The van der Waals surface area contributed by atoms with Gasteiger partial charge in [0.2, 0.25) is 11.1 Å². The average Bonchev–Trinajstić information content (AvgIpc) is 3.49. The molecule has 0 bridgehead atoms. The molecule has 1 aromatic heterocycles. The maximum Gasteiger partial charge on any atom is 0.283 e. The van der Waals surface area contributed by atoms with Crippen LogP contribution in [0.1, 0.15) is 36.8 Å². The van der Waals surface area contributed by atoms with Gasteiger partial charge in [0, 0.05) is 41.3 Å². The average molecular weight is 529 g/mol. The number of fused-ring (bicyclic) bond motifs is 2. The summed E-state index contributed by atoms with van der Waals surface area (Å²) in [6.07, 6.45) is 6.78. The van der Waals surface area contributed by atoms with E-state index in [2.05, 4.69) is 10.1 Å². The molecule has 8 nitrogen and oxygen atoms in total. The smallest absolute Gasteiger partial charge is 0.283 e. The SMILES string of the molecule is N=C1/C(=C/c2cn(Cc3ccccc3F)c3ccccc23)C(=O)N=C2SC(CC(=O)N3CCCCC3)=NN12. The Kier molecular flexibility index (Phi) is 6.40. The quantitative estimate of drug-likeness (QED) is 0.479. The second-order valence-electron chi connectivity index (χ2n) is 9.45. The molecule has 38 heavy (non-hydrogen) atoms. The summed E-state index contributed by atoms with van der Waals surface area (Å²) in [6.45, 7) is 1.84. The molecule has 10 heteroatoms. The molecule has 0 radical (unpaired) electrons. The fraction of sp³-hybridized carbons (Fsp3) is 0.250. The molecule has 2 amide bonds. The molecule has 192 valence electrons. The zero-order valence-corrected chi connectivity index (χ0v) is 21.4. The predicted octanol–water partition coefficient (Wildman–Crippen LogP) is 4.85. The molecule has 3 aromatic rings. The number of halogens is 1. The number of benzene rings is 2. The minimum atomic E-state index is -0.529. The molecule has 0 saturated carbocycles. The summed E-state index contributed by atoms with van der Waals surface area (Å²) < 4.78 is 16.3. The maximum atomic E-state index is 14.3. The summed E-state index contributed by atoms with van der Waals surface area (Å²) >= 11 is 1.16. The number of aromatic nitrogens is 1. The molecule has 0 atom stereocenters. The van der Waals surface area contributed by atoms with Gasteiger partial charge in [-0.05, 0) is 49.2 Å². The van der Waals surface area contributed by atoms with Crippen molar-refractivity contribution in [3.63, 3.8) is 0 Å². The summed E-state index contributed by atoms with van der Waals surface area (Å²) in [6, 6.07) is 14.3. The Hall–Kier alpha value is -4.05. The lowest BCUT2D eigenvalue weighted by atomic mass is 10.1. The highest BCUT2D eigenvalue weighted by Crippen LogP contribution is 2.31. The fourth-order valence-corrected chi connectivity index (χ4v) is 5.85. The van der Waals surface area contributed by atoms with Gasteiger partial charge in [0.15, 0.2) is 5.84 Å². The largest absolute Gasteiger partial charge is 0.342 e. The first-order valence-corrected chi connectivity index (χ1v) is 13.4. The van der Waals surface area contributed by atoms with Crippen LogP contribution < -0.4 is 0 Å². The van der Waals surface area contributed by atoms with Crippen molar-refractivity contribution in [1.29, 1.82) is 5.41 Å². The molecular weight excluding hydrogens is 503 g/mol. The summed E-state index contributed by atoms with van der Waals surface area (Å²) in [5.74, 6) is -0.889. The lowest BCUT2D eigenvalue weighted by Gasteiger charge is -2.26. The monoisotopic (exact) mass is 528 g/mol. The number of carbonyl (C=O) groups excluding carboxylic acids is 2. The third-order valence-electron chi connectivity index (χ3n) is 6.93. The van der Waals surface area contributed by atoms with Crippen molar-refractivity contribution in [1.82, 2.24) is 14.5 Å². The number of rotatable bonds is 5. The molecule has 1 saturated heterocycles. The van der Waals surface area contributed by atoms with E-state index in [1.54, 1.807) is 24.3 Å². The van der Waals surface area contributed by atoms with Crippen molar-refractivity contribution < 1.29 is 14.0 Å². The minimum Gasteiger partial charge on any atom is -0.342 e. The number of amides is 2. The summed E-state index contributed by atoms with van der Waals surface area (Å²) in [5.41, 5.74) is 2.27. The van der Waals surface area contributed by atoms with Crippen molar-refractivity contribution in [3.8, 4) is 0 Å². The molecule has 6 rings (SSSR count). The van der Waals surface area contributed by atoms with E-state index in [0.29, 0.717) is 22.3 Å². The van der Waals surface area contributed by atoms with E-state index in [4.69, 9.17) is 5.41 Å². The Balaban J connectivity index is 1.28. The third kappa shape index (κ3) is 4.56. The van der Waals surface area contributed by atoms with Gasteiger partial charge >= 0.3 is 0 Å². The highest BCUT2D eigenvalue weighted by molar-refractivity contribution is 8.27. The van der Waals surface area contributed by atoms with Crippen molar-refractivity contribution in [3.05, 3.63) is 77.2 Å². The second-order valence-corrected chi connectivity index (χ2v) is 10.5. The first-order chi connectivity index (χ1) is 18.5. The highest BCUT2D eigenvalue weighted by Gasteiger charge is 2.36. The molecule has 3 aliphatic rings. The zero-order valence-electron chi connectivity index (χ0n) is 20.6. The number of nitrogens with zero attached hydrogens (tertiary/aromatic N) is 5. The Morgan fingerprint density at radius 2 is 1.84 bits per heavy atom. The Labute approximate surface area is 223 Å². The number of hydrazone groups is 1. The third-order valence-corrected chi connectivity index (χ3v) is 7.83. The molecule has 0 spiro atoms. The van der Waals surface area contributed by atoms with E-state index in [1.807, 2.05) is 39.9 Å². The highest BCUT2D eigenvalue weighted by atomic mass is 32.2. The van der Waals surface area contributed by atoms with Crippen LogP contribution in [0.2, 0.25) is 0 Å². The van der Waals surface area contributed by atoms with E-state index in [-0.39, 0.29) is 29.6 Å². The molecule has 4 heterocycles. The van der Waals surface area contributed by atoms with Crippen molar-refractivity contribution in [2.24, 2.45) is 10.1 Å².